The lowest BCUT2D eigenvalue weighted by Crippen LogP contribution is -2.14. The fourth-order valence-corrected chi connectivity index (χ4v) is 3.82. The lowest BCUT2D eigenvalue weighted by Gasteiger charge is -2.16. The Labute approximate surface area is 140 Å². The van der Waals surface area contributed by atoms with Crippen LogP contribution in [0.15, 0.2) is 83.1 Å². The van der Waals surface area contributed by atoms with Crippen molar-refractivity contribution >= 4 is 29.5 Å². The maximum Gasteiger partial charge on any atom is 0.331 e. The molecule has 0 aromatic heterocycles. The largest absolute Gasteiger partial charge is 0.448 e. The third kappa shape index (κ3) is 6.00. The van der Waals surface area contributed by atoms with Crippen LogP contribution in [-0.4, -0.2) is 17.2 Å². The second kappa shape index (κ2) is 9.38. The van der Waals surface area contributed by atoms with Crippen molar-refractivity contribution < 1.29 is 9.53 Å². The van der Waals surface area contributed by atoms with Crippen molar-refractivity contribution in [1.29, 1.82) is 0 Å². The average molecular weight is 330 g/mol. The van der Waals surface area contributed by atoms with E-state index in [1.54, 1.807) is 23.5 Å². The van der Waals surface area contributed by atoms with Crippen molar-refractivity contribution in [2.75, 3.05) is 5.75 Å². The van der Waals surface area contributed by atoms with Gasteiger partial charge in [-0.15, -0.1) is 11.8 Å². The molecule has 1 unspecified atom stereocenters. The molecule has 0 aliphatic carbocycles. The highest BCUT2D eigenvalue weighted by atomic mass is 32.2. The Hall–Kier alpha value is -1.65. The molecule has 2 rings (SSSR count). The standard InChI is InChI=1S/C18H18O2S2/c1-2-17(19)20-18(22-16-11-7-4-8-12-16)13-14-21-15-9-5-3-6-10-15/h2-12,18H,1,13-14H2. The Morgan fingerprint density at radius 2 is 1.64 bits per heavy atom. The molecule has 0 saturated carbocycles. The molecule has 2 aromatic rings. The Bertz CT molecular complexity index is 585. The highest BCUT2D eigenvalue weighted by Gasteiger charge is 2.14. The number of ether oxygens (including phenoxy) is 1. The van der Waals surface area contributed by atoms with Crippen LogP contribution in [0.1, 0.15) is 6.42 Å². The fourth-order valence-electron chi connectivity index (χ4n) is 1.76. The number of carbonyl (C=O) groups is 1. The van der Waals surface area contributed by atoms with Crippen molar-refractivity contribution in [3.8, 4) is 0 Å². The average Bonchev–Trinajstić information content (AvgIpc) is 2.56. The molecule has 0 saturated heterocycles. The van der Waals surface area contributed by atoms with Gasteiger partial charge in [-0.25, -0.2) is 4.79 Å². The molecule has 2 nitrogen and oxygen atoms in total. The molecule has 0 spiro atoms. The predicted octanol–water partition coefficient (Wildman–Crippen LogP) is 5.02. The summed E-state index contributed by atoms with van der Waals surface area (Å²) in [7, 11) is 0. The van der Waals surface area contributed by atoms with Gasteiger partial charge in [0, 0.05) is 28.0 Å². The molecule has 0 amide bonds. The molecular weight excluding hydrogens is 312 g/mol. The van der Waals surface area contributed by atoms with Gasteiger partial charge in [0.05, 0.1) is 0 Å². The summed E-state index contributed by atoms with van der Waals surface area (Å²) in [6, 6.07) is 20.2. The molecule has 0 N–H and O–H groups in total. The van der Waals surface area contributed by atoms with E-state index in [-0.39, 0.29) is 11.4 Å². The van der Waals surface area contributed by atoms with Crippen LogP contribution in [0.25, 0.3) is 0 Å². The predicted molar refractivity (Wildman–Crippen MR) is 94.2 cm³/mol. The van der Waals surface area contributed by atoms with E-state index in [9.17, 15) is 4.79 Å². The van der Waals surface area contributed by atoms with Gasteiger partial charge in [-0.2, -0.15) is 0 Å². The molecule has 0 aliphatic heterocycles. The zero-order valence-corrected chi connectivity index (χ0v) is 13.8. The highest BCUT2D eigenvalue weighted by Crippen LogP contribution is 2.28. The van der Waals surface area contributed by atoms with Gasteiger partial charge < -0.3 is 4.74 Å². The minimum Gasteiger partial charge on any atom is -0.448 e. The first-order valence-electron chi connectivity index (χ1n) is 7.00. The molecule has 0 aliphatic rings. The summed E-state index contributed by atoms with van der Waals surface area (Å²) in [4.78, 5) is 13.8. The van der Waals surface area contributed by atoms with Crippen LogP contribution < -0.4 is 0 Å². The summed E-state index contributed by atoms with van der Waals surface area (Å²) in [6.07, 6.45) is 1.99. The van der Waals surface area contributed by atoms with Gasteiger partial charge in [-0.1, -0.05) is 54.7 Å². The first kappa shape index (κ1) is 16.7. The SMILES string of the molecule is C=CC(=O)OC(CCSc1ccccc1)Sc1ccccc1. The summed E-state index contributed by atoms with van der Waals surface area (Å²) in [5, 5.41) is 0. The van der Waals surface area contributed by atoms with E-state index in [0.29, 0.717) is 0 Å². The second-order valence-corrected chi connectivity index (χ2v) is 6.85. The Balaban J connectivity index is 1.89. The first-order valence-corrected chi connectivity index (χ1v) is 8.87. The van der Waals surface area contributed by atoms with Gasteiger partial charge in [0.1, 0.15) is 0 Å². The highest BCUT2D eigenvalue weighted by molar-refractivity contribution is 8.00. The van der Waals surface area contributed by atoms with Crippen LogP contribution in [0.2, 0.25) is 0 Å². The van der Waals surface area contributed by atoms with E-state index in [1.165, 1.54) is 11.0 Å². The monoisotopic (exact) mass is 330 g/mol. The number of thioether (sulfide) groups is 2. The molecule has 114 valence electrons. The van der Waals surface area contributed by atoms with Crippen LogP contribution in [0, 0.1) is 0 Å². The Kier molecular flexibility index (Phi) is 7.13. The van der Waals surface area contributed by atoms with E-state index >= 15 is 0 Å². The van der Waals surface area contributed by atoms with Crippen molar-refractivity contribution in [2.24, 2.45) is 0 Å². The molecule has 0 radical (unpaired) electrons. The van der Waals surface area contributed by atoms with Gasteiger partial charge in [0.2, 0.25) is 0 Å². The van der Waals surface area contributed by atoms with Crippen LogP contribution in [0.4, 0.5) is 0 Å². The smallest absolute Gasteiger partial charge is 0.331 e. The zero-order chi connectivity index (χ0) is 15.6. The second-order valence-electron chi connectivity index (χ2n) is 4.45. The van der Waals surface area contributed by atoms with E-state index < -0.39 is 0 Å². The van der Waals surface area contributed by atoms with Gasteiger partial charge in [-0.05, 0) is 24.3 Å². The van der Waals surface area contributed by atoms with Gasteiger partial charge in [0.15, 0.2) is 5.44 Å². The van der Waals surface area contributed by atoms with Gasteiger partial charge in [0.25, 0.3) is 0 Å². The lowest BCUT2D eigenvalue weighted by atomic mass is 10.4. The maximum absolute atomic E-state index is 11.5. The van der Waals surface area contributed by atoms with E-state index in [0.717, 1.165) is 17.1 Å². The van der Waals surface area contributed by atoms with Crippen LogP contribution in [-0.2, 0) is 9.53 Å². The third-order valence-electron chi connectivity index (χ3n) is 2.79. The number of rotatable bonds is 8. The molecule has 4 heteroatoms. The van der Waals surface area contributed by atoms with Crippen molar-refractivity contribution in [3.05, 3.63) is 73.3 Å². The molecule has 0 fully saturated rings. The van der Waals surface area contributed by atoms with Crippen LogP contribution in [0.3, 0.4) is 0 Å². The summed E-state index contributed by atoms with van der Waals surface area (Å²) >= 11 is 3.33. The van der Waals surface area contributed by atoms with Crippen molar-refractivity contribution in [3.63, 3.8) is 0 Å². The zero-order valence-electron chi connectivity index (χ0n) is 12.2. The Morgan fingerprint density at radius 1 is 1.05 bits per heavy atom. The molecular formula is C18H18O2S2. The molecule has 0 heterocycles. The Morgan fingerprint density at radius 3 is 2.23 bits per heavy atom. The quantitative estimate of drug-likeness (QED) is 0.294. The normalized spacial score (nSPS) is 11.6. The minimum absolute atomic E-state index is 0.205. The van der Waals surface area contributed by atoms with Gasteiger partial charge in [-0.3, -0.25) is 0 Å². The fraction of sp³-hybridized carbons (Fsp3) is 0.167. The molecule has 0 bridgehead atoms. The van der Waals surface area contributed by atoms with E-state index in [1.807, 2.05) is 48.5 Å². The molecule has 1 atom stereocenters. The topological polar surface area (TPSA) is 26.3 Å². The third-order valence-corrected chi connectivity index (χ3v) is 4.97. The van der Waals surface area contributed by atoms with Crippen molar-refractivity contribution in [1.82, 2.24) is 0 Å². The summed E-state index contributed by atoms with van der Waals surface area (Å²) in [6.45, 7) is 3.46. The first-order chi connectivity index (χ1) is 10.8. The number of carbonyl (C=O) groups excluding carboxylic acids is 1. The van der Waals surface area contributed by atoms with E-state index in [4.69, 9.17) is 4.74 Å². The number of hydrogen-bond acceptors (Lipinski definition) is 4. The maximum atomic E-state index is 11.5. The van der Waals surface area contributed by atoms with Crippen LogP contribution >= 0.6 is 23.5 Å². The lowest BCUT2D eigenvalue weighted by molar-refractivity contribution is -0.139. The molecule has 2 aromatic carbocycles. The summed E-state index contributed by atoms with van der Waals surface area (Å²) < 4.78 is 5.43. The molecule has 22 heavy (non-hydrogen) atoms. The number of benzene rings is 2. The minimum atomic E-state index is -0.377. The number of esters is 1. The summed E-state index contributed by atoms with van der Waals surface area (Å²) in [5.74, 6) is 0.511. The van der Waals surface area contributed by atoms with Crippen molar-refractivity contribution in [2.45, 2.75) is 21.6 Å². The van der Waals surface area contributed by atoms with Crippen LogP contribution in [0.5, 0.6) is 0 Å². The van der Waals surface area contributed by atoms with E-state index in [2.05, 4.69) is 18.7 Å². The summed E-state index contributed by atoms with van der Waals surface area (Å²) in [5.41, 5.74) is -0.205. The van der Waals surface area contributed by atoms with Gasteiger partial charge >= 0.3 is 5.97 Å². The number of hydrogen-bond donors (Lipinski definition) is 0.